The SMILES string of the molecule is CC(N)c1cnccc1Cl. The van der Waals surface area contributed by atoms with Crippen LogP contribution in [0.5, 0.6) is 0 Å². The maximum atomic E-state index is 5.80. The zero-order valence-corrected chi connectivity index (χ0v) is 6.47. The highest BCUT2D eigenvalue weighted by Crippen LogP contribution is 2.18. The lowest BCUT2D eigenvalue weighted by Gasteiger charge is -2.05. The first kappa shape index (κ1) is 7.51. The molecule has 2 N–H and O–H groups in total. The van der Waals surface area contributed by atoms with Crippen molar-refractivity contribution in [1.29, 1.82) is 0 Å². The van der Waals surface area contributed by atoms with Crippen molar-refractivity contribution in [2.24, 2.45) is 5.73 Å². The molecule has 3 heteroatoms. The van der Waals surface area contributed by atoms with Crippen LogP contribution in [0, 0.1) is 0 Å². The van der Waals surface area contributed by atoms with Gasteiger partial charge >= 0.3 is 0 Å². The van der Waals surface area contributed by atoms with Crippen LogP contribution in [0.15, 0.2) is 18.5 Å². The van der Waals surface area contributed by atoms with Crippen molar-refractivity contribution in [2.45, 2.75) is 13.0 Å². The van der Waals surface area contributed by atoms with E-state index >= 15 is 0 Å². The quantitative estimate of drug-likeness (QED) is 0.673. The molecule has 1 heterocycles. The van der Waals surface area contributed by atoms with E-state index in [1.54, 1.807) is 18.5 Å². The van der Waals surface area contributed by atoms with Gasteiger partial charge in [0.1, 0.15) is 0 Å². The molecule has 0 amide bonds. The molecule has 0 fully saturated rings. The van der Waals surface area contributed by atoms with Crippen molar-refractivity contribution in [3.63, 3.8) is 0 Å². The molecule has 1 atom stereocenters. The van der Waals surface area contributed by atoms with Crippen LogP contribution in [0.3, 0.4) is 0 Å². The van der Waals surface area contributed by atoms with Gasteiger partial charge in [0.2, 0.25) is 0 Å². The Bertz CT molecular complexity index is 223. The van der Waals surface area contributed by atoms with Gasteiger partial charge in [0, 0.05) is 29.0 Å². The molecule has 0 aliphatic rings. The van der Waals surface area contributed by atoms with Crippen molar-refractivity contribution in [3.8, 4) is 0 Å². The summed E-state index contributed by atoms with van der Waals surface area (Å²) in [6.45, 7) is 1.88. The Morgan fingerprint density at radius 1 is 1.70 bits per heavy atom. The van der Waals surface area contributed by atoms with Crippen molar-refractivity contribution in [1.82, 2.24) is 4.98 Å². The van der Waals surface area contributed by atoms with Gasteiger partial charge < -0.3 is 5.73 Å². The van der Waals surface area contributed by atoms with Gasteiger partial charge in [-0.2, -0.15) is 0 Å². The van der Waals surface area contributed by atoms with E-state index in [-0.39, 0.29) is 6.04 Å². The molecule has 54 valence electrons. The molecule has 0 bridgehead atoms. The minimum absolute atomic E-state index is 0.0406. The molecule has 0 spiro atoms. The third-order valence-corrected chi connectivity index (χ3v) is 1.63. The van der Waals surface area contributed by atoms with E-state index in [4.69, 9.17) is 17.3 Å². The Hall–Kier alpha value is -0.600. The van der Waals surface area contributed by atoms with Crippen LogP contribution in [0.2, 0.25) is 5.02 Å². The predicted molar refractivity (Wildman–Crippen MR) is 41.8 cm³/mol. The Morgan fingerprint density at radius 2 is 2.40 bits per heavy atom. The van der Waals surface area contributed by atoms with Gasteiger partial charge in [-0.05, 0) is 13.0 Å². The molecule has 0 radical (unpaired) electrons. The van der Waals surface area contributed by atoms with Crippen LogP contribution >= 0.6 is 11.6 Å². The second-order valence-corrected chi connectivity index (χ2v) is 2.59. The van der Waals surface area contributed by atoms with Gasteiger partial charge in [-0.25, -0.2) is 0 Å². The summed E-state index contributed by atoms with van der Waals surface area (Å²) in [5, 5.41) is 0.685. The van der Waals surface area contributed by atoms with Crippen molar-refractivity contribution >= 4 is 11.6 Å². The van der Waals surface area contributed by atoms with Crippen molar-refractivity contribution in [3.05, 3.63) is 29.0 Å². The Balaban J connectivity index is 3.03. The summed E-state index contributed by atoms with van der Waals surface area (Å²) >= 11 is 5.80. The minimum atomic E-state index is -0.0406. The summed E-state index contributed by atoms with van der Waals surface area (Å²) in [6, 6.07) is 1.70. The highest BCUT2D eigenvalue weighted by Gasteiger charge is 2.02. The number of pyridine rings is 1. The zero-order valence-electron chi connectivity index (χ0n) is 5.71. The third-order valence-electron chi connectivity index (χ3n) is 1.29. The van der Waals surface area contributed by atoms with Gasteiger partial charge in [-0.1, -0.05) is 11.6 Å². The lowest BCUT2D eigenvalue weighted by atomic mass is 10.2. The maximum absolute atomic E-state index is 5.80. The summed E-state index contributed by atoms with van der Waals surface area (Å²) in [5.74, 6) is 0. The van der Waals surface area contributed by atoms with E-state index in [0.717, 1.165) is 5.56 Å². The molecule has 10 heavy (non-hydrogen) atoms. The summed E-state index contributed by atoms with van der Waals surface area (Å²) in [5.41, 5.74) is 6.48. The first-order valence-corrected chi connectivity index (χ1v) is 3.44. The number of rotatable bonds is 1. The molecule has 0 aliphatic carbocycles. The number of hydrogen-bond acceptors (Lipinski definition) is 2. The highest BCUT2D eigenvalue weighted by atomic mass is 35.5. The van der Waals surface area contributed by atoms with E-state index in [1.807, 2.05) is 6.92 Å². The predicted octanol–water partition coefficient (Wildman–Crippen LogP) is 1.75. The Kier molecular flexibility index (Phi) is 2.25. The van der Waals surface area contributed by atoms with Gasteiger partial charge in [-0.3, -0.25) is 4.98 Å². The van der Waals surface area contributed by atoms with E-state index in [0.29, 0.717) is 5.02 Å². The van der Waals surface area contributed by atoms with Crippen LogP contribution in [0.4, 0.5) is 0 Å². The van der Waals surface area contributed by atoms with Crippen LogP contribution in [0.1, 0.15) is 18.5 Å². The molecular weight excluding hydrogens is 148 g/mol. The normalized spacial score (nSPS) is 13.1. The van der Waals surface area contributed by atoms with Gasteiger partial charge in [0.05, 0.1) is 0 Å². The molecule has 1 rings (SSSR count). The van der Waals surface area contributed by atoms with Crippen molar-refractivity contribution < 1.29 is 0 Å². The number of halogens is 1. The molecule has 1 unspecified atom stereocenters. The molecular formula is C7H9ClN2. The summed E-state index contributed by atoms with van der Waals surface area (Å²) in [6.07, 6.45) is 3.33. The molecule has 2 nitrogen and oxygen atoms in total. The second kappa shape index (κ2) is 2.99. The van der Waals surface area contributed by atoms with Crippen LogP contribution < -0.4 is 5.73 Å². The van der Waals surface area contributed by atoms with Crippen LogP contribution in [-0.2, 0) is 0 Å². The number of nitrogens with two attached hydrogens (primary N) is 1. The fraction of sp³-hybridized carbons (Fsp3) is 0.286. The standard InChI is InChI=1S/C7H9ClN2/c1-5(9)6-4-10-3-2-7(6)8/h2-5H,9H2,1H3. The number of aromatic nitrogens is 1. The maximum Gasteiger partial charge on any atom is 0.0484 e. The molecule has 0 aliphatic heterocycles. The van der Waals surface area contributed by atoms with E-state index in [2.05, 4.69) is 4.98 Å². The lowest BCUT2D eigenvalue weighted by Crippen LogP contribution is -2.05. The summed E-state index contributed by atoms with van der Waals surface area (Å²) in [7, 11) is 0. The van der Waals surface area contributed by atoms with E-state index in [9.17, 15) is 0 Å². The van der Waals surface area contributed by atoms with Crippen LogP contribution in [0.25, 0.3) is 0 Å². The van der Waals surface area contributed by atoms with Gasteiger partial charge in [-0.15, -0.1) is 0 Å². The first-order chi connectivity index (χ1) is 4.72. The van der Waals surface area contributed by atoms with Gasteiger partial charge in [0.25, 0.3) is 0 Å². The smallest absolute Gasteiger partial charge is 0.0484 e. The van der Waals surface area contributed by atoms with E-state index < -0.39 is 0 Å². The first-order valence-electron chi connectivity index (χ1n) is 3.07. The molecule has 1 aromatic rings. The monoisotopic (exact) mass is 156 g/mol. The molecule has 0 saturated heterocycles. The van der Waals surface area contributed by atoms with Crippen LogP contribution in [-0.4, -0.2) is 4.98 Å². The highest BCUT2D eigenvalue weighted by molar-refractivity contribution is 6.31. The number of nitrogens with zero attached hydrogens (tertiary/aromatic N) is 1. The Labute approximate surface area is 65.0 Å². The lowest BCUT2D eigenvalue weighted by molar-refractivity contribution is 0.812. The number of hydrogen-bond donors (Lipinski definition) is 1. The average Bonchev–Trinajstić information content (AvgIpc) is 1.88. The average molecular weight is 157 g/mol. The minimum Gasteiger partial charge on any atom is -0.324 e. The molecule has 1 aromatic heterocycles. The third kappa shape index (κ3) is 1.46. The molecule has 0 saturated carbocycles. The van der Waals surface area contributed by atoms with Crippen molar-refractivity contribution in [2.75, 3.05) is 0 Å². The largest absolute Gasteiger partial charge is 0.324 e. The fourth-order valence-electron chi connectivity index (χ4n) is 0.725. The molecule has 0 aromatic carbocycles. The Morgan fingerprint density at radius 3 is 2.80 bits per heavy atom. The van der Waals surface area contributed by atoms with Gasteiger partial charge in [0.15, 0.2) is 0 Å². The van der Waals surface area contributed by atoms with E-state index in [1.165, 1.54) is 0 Å². The fourth-order valence-corrected chi connectivity index (χ4v) is 1.00. The summed E-state index contributed by atoms with van der Waals surface area (Å²) in [4.78, 5) is 3.90. The zero-order chi connectivity index (χ0) is 7.56. The topological polar surface area (TPSA) is 38.9 Å². The summed E-state index contributed by atoms with van der Waals surface area (Å²) < 4.78 is 0. The second-order valence-electron chi connectivity index (χ2n) is 2.19.